The third kappa shape index (κ3) is 1.72. The van der Waals surface area contributed by atoms with E-state index in [1.54, 1.807) is 6.07 Å². The molecule has 0 aliphatic heterocycles. The van der Waals surface area contributed by atoms with E-state index in [0.29, 0.717) is 34.9 Å². The van der Waals surface area contributed by atoms with Crippen LogP contribution in [-0.2, 0) is 10.2 Å². The number of benzene rings is 1. The van der Waals surface area contributed by atoms with Crippen LogP contribution in [0.4, 0.5) is 0 Å². The average Bonchev–Trinajstić information content (AvgIpc) is 3.10. The van der Waals surface area contributed by atoms with E-state index in [9.17, 15) is 9.90 Å². The summed E-state index contributed by atoms with van der Waals surface area (Å²) in [5.41, 5.74) is 0.439. The SMILES string of the molecule is COc1cc(C)c(OC)c(Cl)c1C1(C(=O)O)CC1. The van der Waals surface area contributed by atoms with Gasteiger partial charge in [0, 0.05) is 5.56 Å². The maximum absolute atomic E-state index is 11.4. The van der Waals surface area contributed by atoms with Crippen LogP contribution in [-0.4, -0.2) is 25.3 Å². The number of hydrogen-bond acceptors (Lipinski definition) is 3. The molecule has 0 spiro atoms. The van der Waals surface area contributed by atoms with Crippen molar-refractivity contribution in [3.8, 4) is 11.5 Å². The van der Waals surface area contributed by atoms with Crippen molar-refractivity contribution in [3.63, 3.8) is 0 Å². The summed E-state index contributed by atoms with van der Waals surface area (Å²) in [6.07, 6.45) is 1.15. The summed E-state index contributed by atoms with van der Waals surface area (Å²) in [6.45, 7) is 1.84. The van der Waals surface area contributed by atoms with Gasteiger partial charge in [0.15, 0.2) is 0 Å². The van der Waals surface area contributed by atoms with E-state index in [0.717, 1.165) is 5.56 Å². The van der Waals surface area contributed by atoms with E-state index >= 15 is 0 Å². The first-order chi connectivity index (χ1) is 8.47. The van der Waals surface area contributed by atoms with Crippen LogP contribution in [0, 0.1) is 6.92 Å². The maximum atomic E-state index is 11.4. The number of carbonyl (C=O) groups is 1. The minimum Gasteiger partial charge on any atom is -0.496 e. The van der Waals surface area contributed by atoms with Crippen molar-refractivity contribution in [2.24, 2.45) is 0 Å². The van der Waals surface area contributed by atoms with E-state index in [1.165, 1.54) is 14.2 Å². The molecule has 18 heavy (non-hydrogen) atoms. The van der Waals surface area contributed by atoms with E-state index in [2.05, 4.69) is 0 Å². The standard InChI is InChI=1S/C13H15ClO4/c1-7-6-8(17-2)9(10(14)11(7)18-3)13(4-5-13)12(15)16/h6H,4-5H2,1-3H3,(H,15,16). The zero-order chi connectivity index (χ0) is 13.5. The van der Waals surface area contributed by atoms with Crippen LogP contribution in [0.2, 0.25) is 5.02 Å². The zero-order valence-electron chi connectivity index (χ0n) is 10.5. The first-order valence-electron chi connectivity index (χ1n) is 5.63. The molecule has 2 rings (SSSR count). The molecule has 0 radical (unpaired) electrons. The number of aryl methyl sites for hydroxylation is 1. The highest BCUT2D eigenvalue weighted by Crippen LogP contribution is 2.56. The molecule has 4 nitrogen and oxygen atoms in total. The number of rotatable bonds is 4. The summed E-state index contributed by atoms with van der Waals surface area (Å²) >= 11 is 6.30. The summed E-state index contributed by atoms with van der Waals surface area (Å²) in [5, 5.41) is 9.72. The van der Waals surface area contributed by atoms with Gasteiger partial charge in [-0.25, -0.2) is 0 Å². The van der Waals surface area contributed by atoms with Crippen LogP contribution < -0.4 is 9.47 Å². The molecule has 0 amide bonds. The van der Waals surface area contributed by atoms with E-state index in [4.69, 9.17) is 21.1 Å². The average molecular weight is 271 g/mol. The van der Waals surface area contributed by atoms with Gasteiger partial charge in [-0.05, 0) is 31.4 Å². The van der Waals surface area contributed by atoms with Crippen molar-refractivity contribution in [2.75, 3.05) is 14.2 Å². The Kier molecular flexibility index (Phi) is 3.15. The summed E-state index contributed by atoms with van der Waals surface area (Å²) in [4.78, 5) is 11.4. The molecule has 1 aliphatic carbocycles. The van der Waals surface area contributed by atoms with E-state index < -0.39 is 11.4 Å². The molecule has 0 bridgehead atoms. The number of carboxylic acid groups (broad SMARTS) is 1. The quantitative estimate of drug-likeness (QED) is 0.914. The third-order valence-electron chi connectivity index (χ3n) is 3.43. The topological polar surface area (TPSA) is 55.8 Å². The van der Waals surface area contributed by atoms with Gasteiger partial charge in [-0.3, -0.25) is 4.79 Å². The molecule has 1 aromatic rings. The van der Waals surface area contributed by atoms with Crippen molar-refractivity contribution in [2.45, 2.75) is 25.2 Å². The first kappa shape index (κ1) is 13.0. The predicted molar refractivity (Wildman–Crippen MR) is 67.8 cm³/mol. The fraction of sp³-hybridized carbons (Fsp3) is 0.462. The molecule has 1 N–H and O–H groups in total. The van der Waals surface area contributed by atoms with Gasteiger partial charge in [0.05, 0.1) is 24.7 Å². The Morgan fingerprint density at radius 3 is 2.39 bits per heavy atom. The monoisotopic (exact) mass is 270 g/mol. The van der Waals surface area contributed by atoms with Crippen LogP contribution >= 0.6 is 11.6 Å². The lowest BCUT2D eigenvalue weighted by Gasteiger charge is -2.20. The van der Waals surface area contributed by atoms with Gasteiger partial charge in [0.1, 0.15) is 11.5 Å². The van der Waals surface area contributed by atoms with Gasteiger partial charge in [-0.1, -0.05) is 11.6 Å². The minimum atomic E-state index is -0.913. The largest absolute Gasteiger partial charge is 0.496 e. The maximum Gasteiger partial charge on any atom is 0.314 e. The summed E-state index contributed by atoms with van der Waals surface area (Å²) in [7, 11) is 3.03. The lowest BCUT2D eigenvalue weighted by Crippen LogP contribution is -2.21. The molecule has 0 heterocycles. The number of carboxylic acids is 1. The number of methoxy groups -OCH3 is 2. The van der Waals surface area contributed by atoms with Crippen LogP contribution in [0.3, 0.4) is 0 Å². The van der Waals surface area contributed by atoms with Crippen molar-refractivity contribution in [3.05, 3.63) is 22.2 Å². The highest BCUT2D eigenvalue weighted by atomic mass is 35.5. The van der Waals surface area contributed by atoms with Crippen molar-refractivity contribution >= 4 is 17.6 Å². The molecule has 1 fully saturated rings. The molecule has 98 valence electrons. The molecular weight excluding hydrogens is 256 g/mol. The normalized spacial score (nSPS) is 16.2. The first-order valence-corrected chi connectivity index (χ1v) is 6.00. The zero-order valence-corrected chi connectivity index (χ0v) is 11.3. The van der Waals surface area contributed by atoms with Crippen LogP contribution in [0.1, 0.15) is 24.0 Å². The van der Waals surface area contributed by atoms with Crippen LogP contribution in [0.5, 0.6) is 11.5 Å². The highest BCUT2D eigenvalue weighted by molar-refractivity contribution is 6.33. The molecular formula is C13H15ClO4. The Bertz CT molecular complexity index is 506. The van der Waals surface area contributed by atoms with Crippen molar-refractivity contribution in [1.29, 1.82) is 0 Å². The predicted octanol–water partition coefficient (Wildman–Crippen LogP) is 2.78. The molecule has 1 aliphatic rings. The molecule has 0 aromatic heterocycles. The molecule has 0 atom stereocenters. The molecule has 1 aromatic carbocycles. The van der Waals surface area contributed by atoms with Gasteiger partial charge in [-0.15, -0.1) is 0 Å². The van der Waals surface area contributed by atoms with Crippen LogP contribution in [0.25, 0.3) is 0 Å². The second-order valence-corrected chi connectivity index (χ2v) is 4.88. The third-order valence-corrected chi connectivity index (χ3v) is 3.79. The Morgan fingerprint density at radius 1 is 1.39 bits per heavy atom. The van der Waals surface area contributed by atoms with Crippen molar-refractivity contribution < 1.29 is 19.4 Å². The second-order valence-electron chi connectivity index (χ2n) is 4.51. The van der Waals surface area contributed by atoms with Crippen LogP contribution in [0.15, 0.2) is 6.07 Å². The fourth-order valence-corrected chi connectivity index (χ4v) is 2.78. The Labute approximate surface area is 110 Å². The summed E-state index contributed by atoms with van der Waals surface area (Å²) in [5.74, 6) is 0.159. The molecule has 0 saturated heterocycles. The lowest BCUT2D eigenvalue weighted by molar-refractivity contribution is -0.140. The summed E-state index contributed by atoms with van der Waals surface area (Å²) in [6, 6.07) is 1.77. The number of halogens is 1. The van der Waals surface area contributed by atoms with Gasteiger partial charge < -0.3 is 14.6 Å². The number of hydrogen-bond donors (Lipinski definition) is 1. The Morgan fingerprint density at radius 2 is 2.00 bits per heavy atom. The van der Waals surface area contributed by atoms with Gasteiger partial charge in [0.2, 0.25) is 0 Å². The smallest absolute Gasteiger partial charge is 0.314 e. The molecule has 0 unspecified atom stereocenters. The van der Waals surface area contributed by atoms with Gasteiger partial charge in [0.25, 0.3) is 0 Å². The molecule has 5 heteroatoms. The Hall–Kier alpha value is -1.42. The molecule has 1 saturated carbocycles. The summed E-state index contributed by atoms with van der Waals surface area (Å²) < 4.78 is 10.5. The Balaban J connectivity index is 2.69. The highest BCUT2D eigenvalue weighted by Gasteiger charge is 2.55. The lowest BCUT2D eigenvalue weighted by atomic mass is 9.93. The number of ether oxygens (including phenoxy) is 2. The number of aliphatic carboxylic acids is 1. The minimum absolute atomic E-state index is 0.342. The fourth-order valence-electron chi connectivity index (χ4n) is 2.28. The second kappa shape index (κ2) is 4.35. The van der Waals surface area contributed by atoms with Gasteiger partial charge >= 0.3 is 5.97 Å². The van der Waals surface area contributed by atoms with E-state index in [1.807, 2.05) is 6.92 Å². The van der Waals surface area contributed by atoms with Crippen molar-refractivity contribution in [1.82, 2.24) is 0 Å². The van der Waals surface area contributed by atoms with E-state index in [-0.39, 0.29) is 0 Å². The van der Waals surface area contributed by atoms with Gasteiger partial charge in [-0.2, -0.15) is 0 Å².